The van der Waals surface area contributed by atoms with Gasteiger partial charge >= 0.3 is 0 Å². The van der Waals surface area contributed by atoms with Crippen LogP contribution < -0.4 is 5.32 Å². The Bertz CT molecular complexity index is 1280. The first kappa shape index (κ1) is 21.4. The number of benzene rings is 2. The number of nitrogens with one attached hydrogen (secondary N) is 1. The molecule has 1 fully saturated rings. The van der Waals surface area contributed by atoms with E-state index in [1.54, 1.807) is 35.9 Å². The SMILES string of the molecule is CN1CCN(C(=O)c2ccc(Cc3cc4ncnc(Nc5cccc(O)c5)c4s3)cc2)CC1. The number of carbonyl (C=O) groups excluding carboxylic acids is 1. The number of carbonyl (C=O) groups is 1. The number of phenols is 1. The molecule has 2 aromatic heterocycles. The summed E-state index contributed by atoms with van der Waals surface area (Å²) in [5, 5.41) is 13.0. The molecule has 4 aromatic rings. The van der Waals surface area contributed by atoms with Gasteiger partial charge in [0.2, 0.25) is 0 Å². The van der Waals surface area contributed by atoms with Crippen LogP contribution in [0.1, 0.15) is 20.8 Å². The molecule has 2 N–H and O–H groups in total. The van der Waals surface area contributed by atoms with Gasteiger partial charge in [-0.05, 0) is 42.9 Å². The van der Waals surface area contributed by atoms with E-state index in [0.29, 0.717) is 0 Å². The molecule has 1 aliphatic heterocycles. The summed E-state index contributed by atoms with van der Waals surface area (Å²) in [4.78, 5) is 26.9. The number of amides is 1. The van der Waals surface area contributed by atoms with E-state index in [4.69, 9.17) is 0 Å². The highest BCUT2D eigenvalue weighted by atomic mass is 32.1. The van der Waals surface area contributed by atoms with Gasteiger partial charge in [0.25, 0.3) is 5.91 Å². The van der Waals surface area contributed by atoms with Crippen LogP contribution in [0.4, 0.5) is 11.5 Å². The monoisotopic (exact) mass is 459 g/mol. The normalized spacial score (nSPS) is 14.5. The Balaban J connectivity index is 1.30. The van der Waals surface area contributed by atoms with Crippen molar-refractivity contribution in [3.63, 3.8) is 0 Å². The van der Waals surface area contributed by atoms with Crippen molar-refractivity contribution in [2.75, 3.05) is 38.5 Å². The Morgan fingerprint density at radius 2 is 1.85 bits per heavy atom. The molecule has 5 rings (SSSR count). The van der Waals surface area contributed by atoms with Crippen LogP contribution in [-0.2, 0) is 6.42 Å². The first-order valence-corrected chi connectivity index (χ1v) is 11.7. The average molecular weight is 460 g/mol. The van der Waals surface area contributed by atoms with Crippen LogP contribution >= 0.6 is 11.3 Å². The molecule has 7 nitrogen and oxygen atoms in total. The number of phenolic OH excluding ortho intramolecular Hbond substituents is 1. The number of thiophene rings is 1. The molecule has 8 heteroatoms. The van der Waals surface area contributed by atoms with Crippen LogP contribution in [0.3, 0.4) is 0 Å². The first-order chi connectivity index (χ1) is 16.0. The van der Waals surface area contributed by atoms with E-state index in [0.717, 1.165) is 65.4 Å². The van der Waals surface area contributed by atoms with Gasteiger partial charge in [-0.25, -0.2) is 9.97 Å². The minimum Gasteiger partial charge on any atom is -0.508 e. The van der Waals surface area contributed by atoms with Crippen molar-refractivity contribution in [2.24, 2.45) is 0 Å². The molecule has 0 unspecified atom stereocenters. The molecule has 1 saturated heterocycles. The lowest BCUT2D eigenvalue weighted by Crippen LogP contribution is -2.47. The van der Waals surface area contributed by atoms with Gasteiger partial charge in [0.05, 0.1) is 10.2 Å². The molecule has 0 radical (unpaired) electrons. The number of fused-ring (bicyclic) bond motifs is 1. The van der Waals surface area contributed by atoms with Gasteiger partial charge < -0.3 is 20.2 Å². The van der Waals surface area contributed by atoms with Crippen molar-refractivity contribution in [2.45, 2.75) is 6.42 Å². The smallest absolute Gasteiger partial charge is 0.253 e. The molecular formula is C25H25N5O2S. The van der Waals surface area contributed by atoms with E-state index < -0.39 is 0 Å². The second-order valence-corrected chi connectivity index (χ2v) is 9.43. The number of aromatic nitrogens is 2. The summed E-state index contributed by atoms with van der Waals surface area (Å²) in [6.07, 6.45) is 2.30. The fourth-order valence-corrected chi connectivity index (χ4v) is 5.05. The fraction of sp³-hybridized carbons (Fsp3) is 0.240. The highest BCUT2D eigenvalue weighted by molar-refractivity contribution is 7.19. The van der Waals surface area contributed by atoms with Gasteiger partial charge in [-0.2, -0.15) is 0 Å². The van der Waals surface area contributed by atoms with Crippen molar-refractivity contribution in [1.82, 2.24) is 19.8 Å². The Labute approximate surface area is 196 Å². The molecule has 0 saturated carbocycles. The lowest BCUT2D eigenvalue weighted by Gasteiger charge is -2.32. The maximum Gasteiger partial charge on any atom is 0.253 e. The number of rotatable bonds is 5. The van der Waals surface area contributed by atoms with E-state index in [1.165, 1.54) is 4.88 Å². The van der Waals surface area contributed by atoms with Crippen LogP contribution in [0.25, 0.3) is 10.2 Å². The number of hydrogen-bond donors (Lipinski definition) is 2. The molecule has 1 amide bonds. The first-order valence-electron chi connectivity index (χ1n) is 10.9. The predicted molar refractivity (Wildman–Crippen MR) is 131 cm³/mol. The average Bonchev–Trinajstić information content (AvgIpc) is 3.23. The number of piperazine rings is 1. The van der Waals surface area contributed by atoms with Gasteiger partial charge in [-0.15, -0.1) is 11.3 Å². The van der Waals surface area contributed by atoms with Crippen LogP contribution in [0.15, 0.2) is 60.9 Å². The lowest BCUT2D eigenvalue weighted by molar-refractivity contribution is 0.0664. The molecule has 0 spiro atoms. The Kier molecular flexibility index (Phi) is 5.93. The fourth-order valence-electron chi connectivity index (χ4n) is 3.96. The molecule has 0 bridgehead atoms. The highest BCUT2D eigenvalue weighted by Gasteiger charge is 2.20. The zero-order valence-electron chi connectivity index (χ0n) is 18.4. The zero-order chi connectivity index (χ0) is 22.8. The van der Waals surface area contributed by atoms with Crippen LogP contribution in [0, 0.1) is 0 Å². The summed E-state index contributed by atoms with van der Waals surface area (Å²) in [7, 11) is 2.09. The van der Waals surface area contributed by atoms with Crippen molar-refractivity contribution in [1.29, 1.82) is 0 Å². The lowest BCUT2D eigenvalue weighted by atomic mass is 10.1. The predicted octanol–water partition coefficient (Wildman–Crippen LogP) is 4.12. The molecular weight excluding hydrogens is 434 g/mol. The van der Waals surface area contributed by atoms with Gasteiger partial charge in [0.1, 0.15) is 12.1 Å². The molecule has 168 valence electrons. The highest BCUT2D eigenvalue weighted by Crippen LogP contribution is 2.32. The minimum atomic E-state index is 0.106. The summed E-state index contributed by atoms with van der Waals surface area (Å²) in [5.41, 5.74) is 3.54. The Morgan fingerprint density at radius 1 is 1.06 bits per heavy atom. The third-order valence-electron chi connectivity index (χ3n) is 5.84. The van der Waals surface area contributed by atoms with Crippen LogP contribution in [-0.4, -0.2) is 64.0 Å². The molecule has 0 aliphatic carbocycles. The summed E-state index contributed by atoms with van der Waals surface area (Å²) in [5.74, 6) is 1.02. The number of aromatic hydroxyl groups is 1. The summed E-state index contributed by atoms with van der Waals surface area (Å²) in [6.45, 7) is 3.39. The Morgan fingerprint density at radius 3 is 2.61 bits per heavy atom. The summed E-state index contributed by atoms with van der Waals surface area (Å²) in [6, 6.07) is 17.0. The maximum absolute atomic E-state index is 12.8. The van der Waals surface area contributed by atoms with Crippen molar-refractivity contribution >= 4 is 39.0 Å². The molecule has 2 aromatic carbocycles. The van der Waals surface area contributed by atoms with Crippen molar-refractivity contribution in [3.05, 3.63) is 76.9 Å². The Hall–Kier alpha value is -3.49. The molecule has 33 heavy (non-hydrogen) atoms. The van der Waals surface area contributed by atoms with Gasteiger partial charge in [-0.3, -0.25) is 4.79 Å². The van der Waals surface area contributed by atoms with Gasteiger partial charge in [0, 0.05) is 54.8 Å². The van der Waals surface area contributed by atoms with Gasteiger partial charge in [-0.1, -0.05) is 18.2 Å². The number of nitrogens with zero attached hydrogens (tertiary/aromatic N) is 4. The van der Waals surface area contributed by atoms with Crippen LogP contribution in [0.2, 0.25) is 0 Å². The third kappa shape index (κ3) is 4.81. The quantitative estimate of drug-likeness (QED) is 0.467. The van der Waals surface area contributed by atoms with E-state index in [-0.39, 0.29) is 11.7 Å². The van der Waals surface area contributed by atoms with Crippen LogP contribution in [0.5, 0.6) is 5.75 Å². The third-order valence-corrected chi connectivity index (χ3v) is 6.97. The molecule has 3 heterocycles. The van der Waals surface area contributed by atoms with E-state index >= 15 is 0 Å². The minimum absolute atomic E-state index is 0.106. The second-order valence-electron chi connectivity index (χ2n) is 8.29. The molecule has 1 aliphatic rings. The number of hydrogen-bond acceptors (Lipinski definition) is 7. The topological polar surface area (TPSA) is 81.6 Å². The summed E-state index contributed by atoms with van der Waals surface area (Å²) < 4.78 is 0.970. The summed E-state index contributed by atoms with van der Waals surface area (Å²) >= 11 is 1.65. The number of anilines is 2. The van der Waals surface area contributed by atoms with Gasteiger partial charge in [0.15, 0.2) is 5.82 Å². The van der Waals surface area contributed by atoms with Crippen molar-refractivity contribution in [3.8, 4) is 5.75 Å². The maximum atomic E-state index is 12.8. The van der Waals surface area contributed by atoms with E-state index in [9.17, 15) is 9.90 Å². The second kappa shape index (κ2) is 9.17. The standard InChI is InChI=1S/C25H25N5O2S/c1-29-9-11-30(12-10-29)25(32)18-7-5-17(6-8-18)13-21-15-22-23(33-21)24(27-16-26-22)28-19-3-2-4-20(31)14-19/h2-8,14-16,31H,9-13H2,1H3,(H,26,27,28). The zero-order valence-corrected chi connectivity index (χ0v) is 19.2. The molecule has 0 atom stereocenters. The van der Waals surface area contributed by atoms with Crippen molar-refractivity contribution < 1.29 is 9.90 Å². The van der Waals surface area contributed by atoms with E-state index in [1.807, 2.05) is 35.2 Å². The van der Waals surface area contributed by atoms with E-state index in [2.05, 4.69) is 33.3 Å². The largest absolute Gasteiger partial charge is 0.508 e. The number of likely N-dealkylation sites (N-methyl/N-ethyl adjacent to an activating group) is 1.